The van der Waals surface area contributed by atoms with Crippen molar-refractivity contribution < 1.29 is 4.79 Å². The molecule has 0 saturated heterocycles. The number of anilines is 2. The van der Waals surface area contributed by atoms with Gasteiger partial charge in [-0.05, 0) is 61.1 Å². The van der Waals surface area contributed by atoms with Crippen molar-refractivity contribution in [3.63, 3.8) is 0 Å². The maximum Gasteiger partial charge on any atom is 0.250 e. The SMILES string of the molecule is Cc1cc2c(cc1C)N(Cc1ccccc1C)C(=O)C(C(C)C)N2. The Bertz CT molecular complexity index is 779. The molecule has 0 aromatic heterocycles. The van der Waals surface area contributed by atoms with E-state index in [0.29, 0.717) is 6.54 Å². The number of amides is 1. The number of carbonyl (C=O) groups excluding carboxylic acids is 1. The zero-order valence-corrected chi connectivity index (χ0v) is 15.2. The summed E-state index contributed by atoms with van der Waals surface area (Å²) in [7, 11) is 0. The topological polar surface area (TPSA) is 32.3 Å². The molecule has 2 aromatic carbocycles. The van der Waals surface area contributed by atoms with Crippen LogP contribution in [0.25, 0.3) is 0 Å². The lowest BCUT2D eigenvalue weighted by Gasteiger charge is -2.38. The molecule has 1 N–H and O–H groups in total. The van der Waals surface area contributed by atoms with E-state index in [0.717, 1.165) is 11.4 Å². The molecule has 24 heavy (non-hydrogen) atoms. The van der Waals surface area contributed by atoms with Gasteiger partial charge in [-0.1, -0.05) is 38.1 Å². The minimum Gasteiger partial charge on any atom is -0.372 e. The Hall–Kier alpha value is -2.29. The molecule has 0 fully saturated rings. The zero-order valence-electron chi connectivity index (χ0n) is 15.2. The fourth-order valence-electron chi connectivity index (χ4n) is 3.23. The van der Waals surface area contributed by atoms with Crippen LogP contribution >= 0.6 is 0 Å². The molecule has 3 rings (SSSR count). The highest BCUT2D eigenvalue weighted by Gasteiger charge is 2.34. The Kier molecular flexibility index (Phi) is 4.35. The van der Waals surface area contributed by atoms with Gasteiger partial charge in [-0.15, -0.1) is 0 Å². The summed E-state index contributed by atoms with van der Waals surface area (Å²) in [5.74, 6) is 0.399. The highest BCUT2D eigenvalue weighted by Crippen LogP contribution is 2.36. The van der Waals surface area contributed by atoms with Crippen LogP contribution in [0, 0.1) is 26.7 Å². The molecule has 1 atom stereocenters. The zero-order chi connectivity index (χ0) is 17.4. The second-order valence-corrected chi connectivity index (χ2v) is 7.17. The van der Waals surface area contributed by atoms with Crippen LogP contribution in [0.1, 0.15) is 36.1 Å². The summed E-state index contributed by atoms with van der Waals surface area (Å²) < 4.78 is 0. The lowest BCUT2D eigenvalue weighted by molar-refractivity contribution is -0.120. The van der Waals surface area contributed by atoms with Gasteiger partial charge in [-0.3, -0.25) is 4.79 Å². The number of nitrogens with one attached hydrogen (secondary N) is 1. The summed E-state index contributed by atoms with van der Waals surface area (Å²) in [5, 5.41) is 3.45. The average Bonchev–Trinajstić information content (AvgIpc) is 2.53. The van der Waals surface area contributed by atoms with E-state index in [4.69, 9.17) is 0 Å². The van der Waals surface area contributed by atoms with Gasteiger partial charge in [0, 0.05) is 0 Å². The van der Waals surface area contributed by atoms with Crippen LogP contribution in [-0.4, -0.2) is 11.9 Å². The molecule has 1 amide bonds. The molecule has 1 aliphatic rings. The summed E-state index contributed by atoms with van der Waals surface area (Å²) in [6.45, 7) is 11.1. The predicted molar refractivity (Wildman–Crippen MR) is 101 cm³/mol. The molecule has 1 unspecified atom stereocenters. The van der Waals surface area contributed by atoms with Crippen LogP contribution in [0.15, 0.2) is 36.4 Å². The summed E-state index contributed by atoms with van der Waals surface area (Å²) in [6, 6.07) is 12.4. The molecule has 2 aromatic rings. The molecule has 0 bridgehead atoms. The molecule has 1 heterocycles. The Morgan fingerprint density at radius 1 is 1.04 bits per heavy atom. The molecule has 0 radical (unpaired) electrons. The highest BCUT2D eigenvalue weighted by atomic mass is 16.2. The van der Waals surface area contributed by atoms with Gasteiger partial charge in [-0.2, -0.15) is 0 Å². The van der Waals surface area contributed by atoms with Crippen molar-refractivity contribution >= 4 is 17.3 Å². The van der Waals surface area contributed by atoms with E-state index in [-0.39, 0.29) is 17.9 Å². The smallest absolute Gasteiger partial charge is 0.250 e. The third-order valence-corrected chi connectivity index (χ3v) is 5.00. The normalized spacial score (nSPS) is 17.0. The van der Waals surface area contributed by atoms with Crippen molar-refractivity contribution in [3.8, 4) is 0 Å². The molecule has 3 heteroatoms. The van der Waals surface area contributed by atoms with E-state index < -0.39 is 0 Å². The Balaban J connectivity index is 2.07. The highest BCUT2D eigenvalue weighted by molar-refractivity contribution is 6.05. The molecule has 0 aliphatic carbocycles. The lowest BCUT2D eigenvalue weighted by atomic mass is 9.96. The van der Waals surface area contributed by atoms with Crippen LogP contribution in [0.5, 0.6) is 0 Å². The van der Waals surface area contributed by atoms with Crippen molar-refractivity contribution in [2.75, 3.05) is 10.2 Å². The van der Waals surface area contributed by atoms with Crippen LogP contribution < -0.4 is 10.2 Å². The molecule has 0 saturated carbocycles. The number of fused-ring (bicyclic) bond motifs is 1. The van der Waals surface area contributed by atoms with Gasteiger partial charge in [-0.25, -0.2) is 0 Å². The maximum absolute atomic E-state index is 13.1. The van der Waals surface area contributed by atoms with Crippen LogP contribution in [0.4, 0.5) is 11.4 Å². The van der Waals surface area contributed by atoms with Crippen LogP contribution in [0.3, 0.4) is 0 Å². The molecule has 126 valence electrons. The van der Waals surface area contributed by atoms with Crippen LogP contribution in [-0.2, 0) is 11.3 Å². The summed E-state index contributed by atoms with van der Waals surface area (Å²) in [4.78, 5) is 15.1. The fourth-order valence-corrected chi connectivity index (χ4v) is 3.23. The first-order valence-electron chi connectivity index (χ1n) is 8.62. The van der Waals surface area contributed by atoms with Gasteiger partial charge in [0.05, 0.1) is 17.9 Å². The van der Waals surface area contributed by atoms with Gasteiger partial charge in [0.1, 0.15) is 6.04 Å². The van der Waals surface area contributed by atoms with Gasteiger partial charge in [0.2, 0.25) is 5.91 Å². The maximum atomic E-state index is 13.1. The molecular weight excluding hydrogens is 296 g/mol. The Labute approximate surface area is 144 Å². The largest absolute Gasteiger partial charge is 0.372 e. The Morgan fingerprint density at radius 3 is 2.38 bits per heavy atom. The molecular formula is C21H26N2O. The quantitative estimate of drug-likeness (QED) is 0.896. The Morgan fingerprint density at radius 2 is 1.71 bits per heavy atom. The van der Waals surface area contributed by atoms with Crippen molar-refractivity contribution in [2.24, 2.45) is 5.92 Å². The monoisotopic (exact) mass is 322 g/mol. The van der Waals surface area contributed by atoms with Crippen molar-refractivity contribution in [1.29, 1.82) is 0 Å². The molecule has 1 aliphatic heterocycles. The van der Waals surface area contributed by atoms with Crippen molar-refractivity contribution in [1.82, 2.24) is 0 Å². The molecule has 0 spiro atoms. The van der Waals surface area contributed by atoms with Crippen molar-refractivity contribution in [2.45, 2.75) is 47.2 Å². The molecule has 3 nitrogen and oxygen atoms in total. The van der Waals surface area contributed by atoms with Gasteiger partial charge < -0.3 is 10.2 Å². The second-order valence-electron chi connectivity index (χ2n) is 7.17. The number of rotatable bonds is 3. The summed E-state index contributed by atoms with van der Waals surface area (Å²) in [5.41, 5.74) is 6.91. The van der Waals surface area contributed by atoms with E-state index in [1.807, 2.05) is 17.0 Å². The number of carbonyl (C=O) groups is 1. The van der Waals surface area contributed by atoms with E-state index in [1.54, 1.807) is 0 Å². The number of nitrogens with zero attached hydrogens (tertiary/aromatic N) is 1. The number of hydrogen-bond acceptors (Lipinski definition) is 2. The standard InChI is InChI=1S/C21H26N2O/c1-13(2)20-21(24)23(12-17-9-7-6-8-14(17)3)19-11-16(5)15(4)10-18(19)22-20/h6-11,13,20,22H,12H2,1-5H3. The number of hydrogen-bond donors (Lipinski definition) is 1. The van der Waals surface area contributed by atoms with E-state index in [9.17, 15) is 4.79 Å². The van der Waals surface area contributed by atoms with E-state index in [2.05, 4.69) is 64.2 Å². The number of benzene rings is 2. The average molecular weight is 322 g/mol. The van der Waals surface area contributed by atoms with Gasteiger partial charge in [0.15, 0.2) is 0 Å². The minimum atomic E-state index is -0.177. The number of aryl methyl sites for hydroxylation is 3. The summed E-state index contributed by atoms with van der Waals surface area (Å²) in [6.07, 6.45) is 0. The van der Waals surface area contributed by atoms with Gasteiger partial charge >= 0.3 is 0 Å². The van der Waals surface area contributed by atoms with Crippen LogP contribution in [0.2, 0.25) is 0 Å². The summed E-state index contributed by atoms with van der Waals surface area (Å²) >= 11 is 0. The van der Waals surface area contributed by atoms with Gasteiger partial charge in [0.25, 0.3) is 0 Å². The minimum absolute atomic E-state index is 0.156. The lowest BCUT2D eigenvalue weighted by Crippen LogP contribution is -2.49. The third kappa shape index (κ3) is 2.91. The second kappa shape index (κ2) is 6.31. The van der Waals surface area contributed by atoms with E-state index >= 15 is 0 Å². The first kappa shape index (κ1) is 16.6. The first-order chi connectivity index (χ1) is 11.4. The first-order valence-corrected chi connectivity index (χ1v) is 8.62. The van der Waals surface area contributed by atoms with E-state index in [1.165, 1.54) is 22.3 Å². The third-order valence-electron chi connectivity index (χ3n) is 5.00. The predicted octanol–water partition coefficient (Wildman–Crippen LogP) is 4.60. The fraction of sp³-hybridized carbons (Fsp3) is 0.381. The van der Waals surface area contributed by atoms with Crippen molar-refractivity contribution in [3.05, 3.63) is 58.7 Å².